The molecule has 0 unspecified atom stereocenters. The van der Waals surface area contributed by atoms with Gasteiger partial charge in [0.25, 0.3) is 0 Å². The van der Waals surface area contributed by atoms with Crippen molar-refractivity contribution in [2.75, 3.05) is 0 Å². The van der Waals surface area contributed by atoms with E-state index < -0.39 is 16.0 Å². The normalized spacial score (nSPS) is 22.7. The SMILES string of the molecule is O=C(O)C1CCC(NS(=O)(=O)c2ccc3ncsc3c2)CC1. The second-order valence-electron chi connectivity index (χ2n) is 5.49. The summed E-state index contributed by atoms with van der Waals surface area (Å²) >= 11 is 1.40. The minimum absolute atomic E-state index is 0.197. The fraction of sp³-hybridized carbons (Fsp3) is 0.429. The van der Waals surface area contributed by atoms with Gasteiger partial charge in [0, 0.05) is 6.04 Å². The Morgan fingerprint density at radius 2 is 2.00 bits per heavy atom. The van der Waals surface area contributed by atoms with Crippen LogP contribution in [0.15, 0.2) is 28.6 Å². The number of rotatable bonds is 4. The van der Waals surface area contributed by atoms with E-state index >= 15 is 0 Å². The monoisotopic (exact) mass is 340 g/mol. The molecule has 3 rings (SSSR count). The van der Waals surface area contributed by atoms with Gasteiger partial charge in [-0.2, -0.15) is 0 Å². The van der Waals surface area contributed by atoms with Crippen LogP contribution in [0.5, 0.6) is 0 Å². The molecule has 0 radical (unpaired) electrons. The van der Waals surface area contributed by atoms with Gasteiger partial charge in [0.2, 0.25) is 10.0 Å². The molecule has 0 spiro atoms. The summed E-state index contributed by atoms with van der Waals surface area (Å²) in [7, 11) is -3.59. The van der Waals surface area contributed by atoms with Gasteiger partial charge in [-0.3, -0.25) is 4.79 Å². The van der Waals surface area contributed by atoms with Crippen LogP contribution in [0.25, 0.3) is 10.2 Å². The molecule has 1 aliphatic carbocycles. The van der Waals surface area contributed by atoms with Crippen LogP contribution in [0, 0.1) is 5.92 Å². The highest BCUT2D eigenvalue weighted by molar-refractivity contribution is 7.89. The van der Waals surface area contributed by atoms with Crippen molar-refractivity contribution in [3.63, 3.8) is 0 Å². The number of aliphatic carboxylic acids is 1. The van der Waals surface area contributed by atoms with E-state index in [4.69, 9.17) is 5.11 Å². The molecule has 1 heterocycles. The topological polar surface area (TPSA) is 96.4 Å². The Labute approximate surface area is 132 Å². The molecule has 0 aliphatic heterocycles. The van der Waals surface area contributed by atoms with Crippen LogP contribution in [-0.2, 0) is 14.8 Å². The Hall–Kier alpha value is -1.51. The Morgan fingerprint density at radius 1 is 1.27 bits per heavy atom. The first-order valence-corrected chi connectivity index (χ1v) is 9.40. The molecule has 0 bridgehead atoms. The molecule has 1 aromatic carbocycles. The molecule has 0 amide bonds. The zero-order valence-electron chi connectivity index (χ0n) is 11.7. The Balaban J connectivity index is 1.72. The number of sulfonamides is 1. The Bertz CT molecular complexity index is 792. The van der Waals surface area contributed by atoms with E-state index in [1.54, 1.807) is 23.7 Å². The predicted octanol–water partition coefficient (Wildman–Crippen LogP) is 2.22. The average molecular weight is 340 g/mol. The highest BCUT2D eigenvalue weighted by Crippen LogP contribution is 2.26. The largest absolute Gasteiger partial charge is 0.481 e. The van der Waals surface area contributed by atoms with E-state index in [9.17, 15) is 13.2 Å². The quantitative estimate of drug-likeness (QED) is 0.889. The number of aromatic nitrogens is 1. The third-order valence-electron chi connectivity index (χ3n) is 4.01. The molecular formula is C14H16N2O4S2. The van der Waals surface area contributed by atoms with Gasteiger partial charge in [-0.05, 0) is 43.9 Å². The number of thiazole rings is 1. The molecule has 6 nitrogen and oxygen atoms in total. The summed E-state index contributed by atoms with van der Waals surface area (Å²) in [6, 6.07) is 4.67. The summed E-state index contributed by atoms with van der Waals surface area (Å²) in [5.74, 6) is -1.15. The van der Waals surface area contributed by atoms with Gasteiger partial charge in [0.05, 0.1) is 26.5 Å². The zero-order chi connectivity index (χ0) is 15.7. The van der Waals surface area contributed by atoms with E-state index in [-0.39, 0.29) is 16.9 Å². The lowest BCUT2D eigenvalue weighted by atomic mass is 9.87. The maximum absolute atomic E-state index is 12.4. The molecule has 8 heteroatoms. The Morgan fingerprint density at radius 3 is 2.68 bits per heavy atom. The first-order valence-electron chi connectivity index (χ1n) is 7.04. The molecule has 1 fully saturated rings. The third-order valence-corrected chi connectivity index (χ3v) is 6.32. The summed E-state index contributed by atoms with van der Waals surface area (Å²) in [5.41, 5.74) is 2.47. The summed E-state index contributed by atoms with van der Waals surface area (Å²) in [6.07, 6.45) is 2.13. The van der Waals surface area contributed by atoms with Crippen molar-refractivity contribution >= 4 is 37.5 Å². The standard InChI is InChI=1S/C14H16N2O4S2/c17-14(18)9-1-3-10(4-2-9)16-22(19,20)11-5-6-12-13(7-11)21-8-15-12/h5-10,16H,1-4H2,(H,17,18). The minimum Gasteiger partial charge on any atom is -0.481 e. The van der Waals surface area contributed by atoms with Gasteiger partial charge in [-0.1, -0.05) is 0 Å². The molecule has 0 saturated heterocycles. The van der Waals surface area contributed by atoms with Crippen LogP contribution >= 0.6 is 11.3 Å². The molecule has 0 atom stereocenters. The number of benzene rings is 1. The average Bonchev–Trinajstić information content (AvgIpc) is 2.94. The highest BCUT2D eigenvalue weighted by atomic mass is 32.2. The molecule has 1 aromatic heterocycles. The second-order valence-corrected chi connectivity index (χ2v) is 8.09. The van der Waals surface area contributed by atoms with Gasteiger partial charge in [0.1, 0.15) is 0 Å². The number of carbonyl (C=O) groups is 1. The van der Waals surface area contributed by atoms with Gasteiger partial charge in [0.15, 0.2) is 0 Å². The van der Waals surface area contributed by atoms with Crippen LogP contribution in [0.1, 0.15) is 25.7 Å². The molecule has 1 saturated carbocycles. The highest BCUT2D eigenvalue weighted by Gasteiger charge is 2.28. The summed E-state index contributed by atoms with van der Waals surface area (Å²) in [5, 5.41) is 8.97. The summed E-state index contributed by atoms with van der Waals surface area (Å²) in [6.45, 7) is 0. The number of hydrogen-bond donors (Lipinski definition) is 2. The van der Waals surface area contributed by atoms with Crippen LogP contribution in [0.2, 0.25) is 0 Å². The second kappa shape index (κ2) is 5.94. The lowest BCUT2D eigenvalue weighted by Crippen LogP contribution is -2.38. The molecular weight excluding hydrogens is 324 g/mol. The van der Waals surface area contributed by atoms with Crippen LogP contribution in [0.4, 0.5) is 0 Å². The van der Waals surface area contributed by atoms with E-state index in [2.05, 4.69) is 9.71 Å². The van der Waals surface area contributed by atoms with Gasteiger partial charge in [-0.25, -0.2) is 18.1 Å². The van der Waals surface area contributed by atoms with Crippen molar-refractivity contribution in [3.8, 4) is 0 Å². The summed E-state index contributed by atoms with van der Waals surface area (Å²) in [4.78, 5) is 15.3. The lowest BCUT2D eigenvalue weighted by molar-refractivity contribution is -0.142. The van der Waals surface area contributed by atoms with Crippen molar-refractivity contribution < 1.29 is 18.3 Å². The Kier molecular flexibility index (Phi) is 4.16. The first kappa shape index (κ1) is 15.4. The maximum atomic E-state index is 12.4. The minimum atomic E-state index is -3.59. The van der Waals surface area contributed by atoms with Crippen LogP contribution < -0.4 is 4.72 Å². The summed E-state index contributed by atoms with van der Waals surface area (Å²) < 4.78 is 28.4. The lowest BCUT2D eigenvalue weighted by Gasteiger charge is -2.26. The fourth-order valence-corrected chi connectivity index (χ4v) is 4.87. The third kappa shape index (κ3) is 3.13. The smallest absolute Gasteiger partial charge is 0.306 e. The van der Waals surface area contributed by atoms with E-state index in [0.717, 1.165) is 10.2 Å². The van der Waals surface area contributed by atoms with E-state index in [1.165, 1.54) is 11.3 Å². The van der Waals surface area contributed by atoms with Crippen molar-refractivity contribution in [3.05, 3.63) is 23.7 Å². The van der Waals surface area contributed by atoms with Gasteiger partial charge < -0.3 is 5.11 Å². The van der Waals surface area contributed by atoms with Crippen molar-refractivity contribution in [1.82, 2.24) is 9.71 Å². The first-order chi connectivity index (χ1) is 10.5. The van der Waals surface area contributed by atoms with Crippen molar-refractivity contribution in [2.45, 2.75) is 36.6 Å². The fourth-order valence-electron chi connectivity index (χ4n) is 2.75. The number of nitrogens with zero attached hydrogens (tertiary/aromatic N) is 1. The molecule has 1 aliphatic rings. The number of fused-ring (bicyclic) bond motifs is 1. The number of carboxylic acid groups (broad SMARTS) is 1. The predicted molar refractivity (Wildman–Crippen MR) is 83.3 cm³/mol. The molecule has 2 aromatic rings. The van der Waals surface area contributed by atoms with Crippen LogP contribution in [-0.4, -0.2) is 30.5 Å². The maximum Gasteiger partial charge on any atom is 0.306 e. The van der Waals surface area contributed by atoms with Crippen molar-refractivity contribution in [1.29, 1.82) is 0 Å². The molecule has 118 valence electrons. The van der Waals surface area contributed by atoms with Gasteiger partial charge >= 0.3 is 5.97 Å². The zero-order valence-corrected chi connectivity index (χ0v) is 13.4. The molecule has 2 N–H and O–H groups in total. The number of nitrogens with one attached hydrogen (secondary N) is 1. The van der Waals surface area contributed by atoms with E-state index in [0.29, 0.717) is 25.7 Å². The molecule has 22 heavy (non-hydrogen) atoms. The van der Waals surface area contributed by atoms with Gasteiger partial charge in [-0.15, -0.1) is 11.3 Å². The van der Waals surface area contributed by atoms with E-state index in [1.807, 2.05) is 0 Å². The van der Waals surface area contributed by atoms with Crippen LogP contribution in [0.3, 0.4) is 0 Å². The van der Waals surface area contributed by atoms with Crippen molar-refractivity contribution in [2.24, 2.45) is 5.92 Å². The number of carboxylic acids is 1. The number of hydrogen-bond acceptors (Lipinski definition) is 5.